The molecule has 12 atom stereocenters. The maximum absolute atomic E-state index is 13.7. The van der Waals surface area contributed by atoms with Crippen LogP contribution in [0.3, 0.4) is 0 Å². The molecule has 7 bridgehead atoms. The molecule has 1 heterocycles. The molecule has 1 aromatic rings. The summed E-state index contributed by atoms with van der Waals surface area (Å²) in [5, 5.41) is 25.6. The van der Waals surface area contributed by atoms with Crippen LogP contribution in [0.15, 0.2) is 24.3 Å². The van der Waals surface area contributed by atoms with Crippen molar-refractivity contribution in [1.29, 1.82) is 0 Å². The number of likely N-dealkylation sites (tertiary alicyclic amines) is 1. The zero-order chi connectivity index (χ0) is 27.5. The van der Waals surface area contributed by atoms with Gasteiger partial charge in [-0.15, -0.1) is 0 Å². The summed E-state index contributed by atoms with van der Waals surface area (Å²) in [6.45, 7) is 3.47. The molecule has 6 aliphatic rings. The Morgan fingerprint density at radius 2 is 1.87 bits per heavy atom. The Balaban J connectivity index is 1.42. The van der Waals surface area contributed by atoms with Crippen molar-refractivity contribution in [2.45, 2.75) is 80.2 Å². The first kappa shape index (κ1) is 26.2. The second-order valence-corrected chi connectivity index (χ2v) is 13.0. The number of esters is 1. The fraction of sp³-hybridized carbons (Fsp3) is 0.767. The molecule has 0 aromatic heterocycles. The number of para-hydroxylation sites is 1. The van der Waals surface area contributed by atoms with Crippen LogP contribution in [-0.2, 0) is 18.9 Å². The Morgan fingerprint density at radius 3 is 2.54 bits per heavy atom. The molecular weight excluding hydrogens is 500 g/mol. The van der Waals surface area contributed by atoms with E-state index in [1.165, 1.54) is 0 Å². The summed E-state index contributed by atoms with van der Waals surface area (Å²) in [6, 6.07) is 7.04. The molecule has 5 aliphatic carbocycles. The molecule has 0 radical (unpaired) electrons. The van der Waals surface area contributed by atoms with E-state index in [1.54, 1.807) is 39.5 Å². The minimum Gasteiger partial charge on any atom is -0.454 e. The number of hydrogen-bond acceptors (Lipinski definition) is 9. The Labute approximate surface area is 229 Å². The molecule has 7 rings (SSSR count). The lowest BCUT2D eigenvalue weighted by atomic mass is 9.44. The fourth-order valence-corrected chi connectivity index (χ4v) is 11.3. The molecule has 1 saturated heterocycles. The van der Waals surface area contributed by atoms with Crippen LogP contribution in [0.1, 0.15) is 49.4 Å². The van der Waals surface area contributed by atoms with Gasteiger partial charge in [0.15, 0.2) is 0 Å². The highest BCUT2D eigenvalue weighted by atomic mass is 16.6. The molecular formula is C30H42N2O7. The summed E-state index contributed by atoms with van der Waals surface area (Å²) in [4.78, 5) is 16.1. The normalized spacial score (nSPS) is 51.1. The zero-order valence-electron chi connectivity index (χ0n) is 23.3. The topological polar surface area (TPSA) is 124 Å². The van der Waals surface area contributed by atoms with Gasteiger partial charge in [-0.05, 0) is 44.4 Å². The number of piperidine rings is 1. The molecule has 1 aromatic carbocycles. The first-order valence-corrected chi connectivity index (χ1v) is 14.5. The van der Waals surface area contributed by atoms with Crippen molar-refractivity contribution in [2.75, 3.05) is 40.2 Å². The van der Waals surface area contributed by atoms with Gasteiger partial charge in [-0.2, -0.15) is 0 Å². The molecule has 1 spiro atoms. The Kier molecular flexibility index (Phi) is 5.63. The minimum atomic E-state index is -1.44. The van der Waals surface area contributed by atoms with Crippen LogP contribution in [0.5, 0.6) is 0 Å². The molecule has 1 aliphatic heterocycles. The fourth-order valence-electron chi connectivity index (χ4n) is 11.3. The minimum absolute atomic E-state index is 0.00601. The number of aliphatic hydroxyl groups is 2. The third kappa shape index (κ3) is 2.80. The van der Waals surface area contributed by atoms with Crippen LogP contribution in [0.2, 0.25) is 0 Å². The average Bonchev–Trinajstić information content (AvgIpc) is 3.35. The van der Waals surface area contributed by atoms with Crippen LogP contribution in [0.4, 0.5) is 5.69 Å². The number of nitrogen functional groups attached to an aromatic ring is 1. The van der Waals surface area contributed by atoms with Gasteiger partial charge < -0.3 is 34.9 Å². The number of fused-ring (bicyclic) bond motifs is 2. The van der Waals surface area contributed by atoms with E-state index in [2.05, 4.69) is 11.8 Å². The Hall–Kier alpha value is -1.75. The first-order valence-electron chi connectivity index (χ1n) is 14.5. The molecule has 0 unspecified atom stereocenters. The third-order valence-corrected chi connectivity index (χ3v) is 12.4. The summed E-state index contributed by atoms with van der Waals surface area (Å²) in [5.74, 6) is -1.06. The highest BCUT2D eigenvalue weighted by molar-refractivity contribution is 5.95. The quantitative estimate of drug-likeness (QED) is 0.365. The van der Waals surface area contributed by atoms with Gasteiger partial charge in [0, 0.05) is 75.1 Å². The van der Waals surface area contributed by atoms with E-state index in [0.717, 1.165) is 6.54 Å². The van der Waals surface area contributed by atoms with Crippen molar-refractivity contribution in [2.24, 2.45) is 29.1 Å². The van der Waals surface area contributed by atoms with Gasteiger partial charge in [0.1, 0.15) is 16.8 Å². The van der Waals surface area contributed by atoms with Crippen molar-refractivity contribution in [1.82, 2.24) is 4.90 Å². The van der Waals surface area contributed by atoms with E-state index in [1.807, 2.05) is 6.07 Å². The molecule has 0 amide bonds. The lowest BCUT2D eigenvalue weighted by Gasteiger charge is -2.70. The van der Waals surface area contributed by atoms with E-state index < -0.39 is 34.3 Å². The number of nitrogens with two attached hydrogens (primary N) is 1. The SMILES string of the molecule is CCN1C[C@]2(OC(=O)c3ccccc3N)CC[C@H](OC)[C@]34[C@H]1[C@H](C[C@@H]23)[C@@]1(O)C[C@H](OC)[C@H]2C[C@@H]4[C@]1(O)[C@H]2OC. The summed E-state index contributed by atoms with van der Waals surface area (Å²) in [6.07, 6.45) is 2.17. The lowest BCUT2D eigenvalue weighted by molar-refractivity contribution is -0.337. The molecule has 5 saturated carbocycles. The van der Waals surface area contributed by atoms with Crippen LogP contribution in [0, 0.1) is 29.1 Å². The third-order valence-electron chi connectivity index (χ3n) is 12.4. The number of nitrogens with zero attached hydrogens (tertiary/aromatic N) is 1. The van der Waals surface area contributed by atoms with Crippen LogP contribution in [0.25, 0.3) is 0 Å². The number of ether oxygens (including phenoxy) is 4. The number of carbonyl (C=O) groups excluding carboxylic acids is 1. The van der Waals surface area contributed by atoms with Gasteiger partial charge in [0.05, 0.1) is 23.9 Å². The number of hydrogen-bond donors (Lipinski definition) is 3. The second-order valence-electron chi connectivity index (χ2n) is 13.0. The number of benzene rings is 1. The molecule has 9 nitrogen and oxygen atoms in total. The summed E-state index contributed by atoms with van der Waals surface area (Å²) >= 11 is 0. The van der Waals surface area contributed by atoms with Gasteiger partial charge in [-0.3, -0.25) is 4.90 Å². The van der Waals surface area contributed by atoms with Gasteiger partial charge in [-0.1, -0.05) is 19.1 Å². The predicted octanol–water partition coefficient (Wildman–Crippen LogP) is 1.85. The first-order chi connectivity index (χ1) is 18.7. The summed E-state index contributed by atoms with van der Waals surface area (Å²) in [7, 11) is 5.09. The van der Waals surface area contributed by atoms with Crippen LogP contribution >= 0.6 is 0 Å². The predicted molar refractivity (Wildman–Crippen MR) is 142 cm³/mol. The molecule has 214 valence electrons. The number of carbonyl (C=O) groups is 1. The smallest absolute Gasteiger partial charge is 0.340 e. The van der Waals surface area contributed by atoms with Crippen molar-refractivity contribution >= 4 is 11.7 Å². The Morgan fingerprint density at radius 1 is 1.10 bits per heavy atom. The van der Waals surface area contributed by atoms with E-state index in [4.69, 9.17) is 24.7 Å². The van der Waals surface area contributed by atoms with E-state index in [-0.39, 0.29) is 41.9 Å². The molecule has 9 heteroatoms. The standard InChI is InChI=1S/C30H42N2O7/c1-5-32-15-27(39-26(33)16-8-6-7-9-19(16)31)11-10-23(37-3)29-21(27)13-18(24(29)32)28(34)14-20(36-2)17-12-22(29)30(28,35)25(17)38-4/h6-9,17-18,20-25,34-35H,5,10-15,31H2,1-4H3/t17-,18+,20+,21+,22+,23+,24-,25+,27-,28+,29+,30+/m1/s1. The zero-order valence-corrected chi connectivity index (χ0v) is 23.3. The van der Waals surface area contributed by atoms with Gasteiger partial charge in [-0.25, -0.2) is 4.79 Å². The van der Waals surface area contributed by atoms with Gasteiger partial charge in [0.25, 0.3) is 0 Å². The monoisotopic (exact) mass is 542 g/mol. The summed E-state index contributed by atoms with van der Waals surface area (Å²) < 4.78 is 24.9. The number of anilines is 1. The van der Waals surface area contributed by atoms with Crippen LogP contribution in [-0.4, -0.2) is 96.7 Å². The molecule has 6 fully saturated rings. The maximum Gasteiger partial charge on any atom is 0.340 e. The van der Waals surface area contributed by atoms with Crippen molar-refractivity contribution in [3.8, 4) is 0 Å². The van der Waals surface area contributed by atoms with Gasteiger partial charge >= 0.3 is 5.97 Å². The molecule has 39 heavy (non-hydrogen) atoms. The largest absolute Gasteiger partial charge is 0.454 e. The van der Waals surface area contributed by atoms with Crippen molar-refractivity contribution in [3.63, 3.8) is 0 Å². The summed E-state index contributed by atoms with van der Waals surface area (Å²) in [5.41, 5.74) is 2.84. The maximum atomic E-state index is 13.7. The van der Waals surface area contributed by atoms with E-state index in [9.17, 15) is 15.0 Å². The van der Waals surface area contributed by atoms with Crippen molar-refractivity contribution < 1.29 is 34.0 Å². The van der Waals surface area contributed by atoms with E-state index >= 15 is 0 Å². The second kappa shape index (κ2) is 8.39. The highest BCUT2D eigenvalue weighted by Crippen LogP contribution is 2.79. The van der Waals surface area contributed by atoms with Crippen LogP contribution < -0.4 is 5.73 Å². The van der Waals surface area contributed by atoms with Crippen molar-refractivity contribution in [3.05, 3.63) is 29.8 Å². The number of likely N-dealkylation sites (N-methyl/N-ethyl adjacent to an activating group) is 1. The number of methoxy groups -OCH3 is 3. The highest BCUT2D eigenvalue weighted by Gasteiger charge is 2.89. The number of rotatable bonds is 6. The lowest BCUT2D eigenvalue weighted by Crippen LogP contribution is -2.83. The molecule has 4 N–H and O–H groups in total. The van der Waals surface area contributed by atoms with Gasteiger partial charge in [0.2, 0.25) is 0 Å². The van der Waals surface area contributed by atoms with E-state index in [0.29, 0.717) is 49.9 Å². The Bertz CT molecular complexity index is 1180. The average molecular weight is 543 g/mol.